The second-order valence-electron chi connectivity index (χ2n) is 5.98. The molecule has 28 heavy (non-hydrogen) atoms. The molecule has 0 bridgehead atoms. The molecule has 0 atom stereocenters. The number of rotatable bonds is 7. The zero-order chi connectivity index (χ0) is 20.1. The van der Waals surface area contributed by atoms with Gasteiger partial charge in [-0.2, -0.15) is 0 Å². The van der Waals surface area contributed by atoms with E-state index in [4.69, 9.17) is 21.1 Å². The van der Waals surface area contributed by atoms with E-state index < -0.39 is 10.0 Å². The largest absolute Gasteiger partial charge is 0.497 e. The third-order valence-corrected chi connectivity index (χ3v) is 6.27. The van der Waals surface area contributed by atoms with Gasteiger partial charge in [0.15, 0.2) is 0 Å². The highest BCUT2D eigenvalue weighted by molar-refractivity contribution is 7.92. The Morgan fingerprint density at radius 2 is 1.61 bits per heavy atom. The van der Waals surface area contributed by atoms with E-state index in [0.717, 1.165) is 5.56 Å². The van der Waals surface area contributed by atoms with Crippen molar-refractivity contribution >= 4 is 27.3 Å². The Balaban J connectivity index is 2.11. The van der Waals surface area contributed by atoms with Crippen molar-refractivity contribution in [2.24, 2.45) is 0 Å². The lowest BCUT2D eigenvalue weighted by Gasteiger charge is -2.25. The van der Waals surface area contributed by atoms with E-state index in [1.165, 1.54) is 17.5 Å². The molecule has 0 heterocycles. The van der Waals surface area contributed by atoms with Crippen LogP contribution >= 0.6 is 11.6 Å². The Bertz CT molecular complexity index is 1050. The van der Waals surface area contributed by atoms with Crippen molar-refractivity contribution in [3.05, 3.63) is 83.4 Å². The summed E-state index contributed by atoms with van der Waals surface area (Å²) in [5.74, 6) is 1.08. The Morgan fingerprint density at radius 3 is 2.29 bits per heavy atom. The maximum Gasteiger partial charge on any atom is 0.264 e. The van der Waals surface area contributed by atoms with E-state index in [2.05, 4.69) is 0 Å². The third kappa shape index (κ3) is 4.24. The molecule has 3 aromatic carbocycles. The summed E-state index contributed by atoms with van der Waals surface area (Å²) >= 11 is 5.99. The van der Waals surface area contributed by atoms with Gasteiger partial charge < -0.3 is 9.47 Å². The van der Waals surface area contributed by atoms with E-state index in [9.17, 15) is 8.42 Å². The summed E-state index contributed by atoms with van der Waals surface area (Å²) < 4.78 is 38.9. The van der Waals surface area contributed by atoms with Crippen molar-refractivity contribution in [1.29, 1.82) is 0 Å². The van der Waals surface area contributed by atoms with Gasteiger partial charge >= 0.3 is 0 Å². The minimum Gasteiger partial charge on any atom is -0.497 e. The van der Waals surface area contributed by atoms with Crippen LogP contribution in [-0.2, 0) is 16.6 Å². The van der Waals surface area contributed by atoms with Crippen LogP contribution in [0.5, 0.6) is 11.5 Å². The van der Waals surface area contributed by atoms with Gasteiger partial charge in [0.25, 0.3) is 10.0 Å². The highest BCUT2D eigenvalue weighted by Crippen LogP contribution is 2.30. The lowest BCUT2D eigenvalue weighted by molar-refractivity contribution is 0.409. The van der Waals surface area contributed by atoms with Gasteiger partial charge in [0.1, 0.15) is 11.5 Å². The summed E-state index contributed by atoms with van der Waals surface area (Å²) in [5.41, 5.74) is 1.24. The normalized spacial score (nSPS) is 11.1. The Labute approximate surface area is 170 Å². The Morgan fingerprint density at radius 1 is 0.893 bits per heavy atom. The van der Waals surface area contributed by atoms with Crippen LogP contribution in [0.15, 0.2) is 77.7 Å². The molecular weight excluding hydrogens is 398 g/mol. The van der Waals surface area contributed by atoms with Crippen molar-refractivity contribution in [2.45, 2.75) is 11.4 Å². The van der Waals surface area contributed by atoms with Crippen LogP contribution in [0.25, 0.3) is 0 Å². The van der Waals surface area contributed by atoms with Crippen LogP contribution in [0.1, 0.15) is 5.56 Å². The van der Waals surface area contributed by atoms with Crippen molar-refractivity contribution < 1.29 is 17.9 Å². The molecule has 7 heteroatoms. The first kappa shape index (κ1) is 20.0. The number of para-hydroxylation sites is 1. The summed E-state index contributed by atoms with van der Waals surface area (Å²) in [6, 6.07) is 20.4. The van der Waals surface area contributed by atoms with Gasteiger partial charge in [-0.1, -0.05) is 35.9 Å². The Hall–Kier alpha value is -2.70. The molecule has 0 saturated carbocycles. The summed E-state index contributed by atoms with van der Waals surface area (Å²) in [5, 5.41) is 0.528. The van der Waals surface area contributed by atoms with Crippen LogP contribution in [0.3, 0.4) is 0 Å². The molecule has 0 N–H and O–H groups in total. The predicted molar refractivity (Wildman–Crippen MR) is 111 cm³/mol. The monoisotopic (exact) mass is 417 g/mol. The lowest BCUT2D eigenvalue weighted by Crippen LogP contribution is -2.30. The first-order valence-electron chi connectivity index (χ1n) is 8.50. The van der Waals surface area contributed by atoms with Crippen molar-refractivity contribution in [3.8, 4) is 11.5 Å². The molecular formula is C21H20ClNO4S. The van der Waals surface area contributed by atoms with Crippen molar-refractivity contribution in [1.82, 2.24) is 0 Å². The first-order chi connectivity index (χ1) is 13.5. The smallest absolute Gasteiger partial charge is 0.264 e. The molecule has 3 rings (SSSR count). The van der Waals surface area contributed by atoms with E-state index in [-0.39, 0.29) is 11.4 Å². The second kappa shape index (κ2) is 8.54. The summed E-state index contributed by atoms with van der Waals surface area (Å²) in [4.78, 5) is 0.136. The maximum atomic E-state index is 13.5. The van der Waals surface area contributed by atoms with Crippen molar-refractivity contribution in [2.75, 3.05) is 18.5 Å². The topological polar surface area (TPSA) is 55.8 Å². The average Bonchev–Trinajstić information content (AvgIpc) is 2.73. The highest BCUT2D eigenvalue weighted by atomic mass is 35.5. The molecule has 0 aliphatic carbocycles. The van der Waals surface area contributed by atoms with Crippen LogP contribution in [-0.4, -0.2) is 22.6 Å². The molecule has 0 aliphatic rings. The van der Waals surface area contributed by atoms with Gasteiger partial charge in [-0.25, -0.2) is 8.42 Å². The summed E-state index contributed by atoms with van der Waals surface area (Å²) in [6.07, 6.45) is 0. The number of ether oxygens (including phenoxy) is 2. The van der Waals surface area contributed by atoms with Gasteiger partial charge in [-0.05, 0) is 42.5 Å². The number of benzene rings is 3. The van der Waals surface area contributed by atoms with Gasteiger partial charge in [-0.3, -0.25) is 4.31 Å². The quantitative estimate of drug-likeness (QED) is 0.556. The molecule has 0 fully saturated rings. The minimum atomic E-state index is -3.87. The van der Waals surface area contributed by atoms with E-state index in [1.807, 2.05) is 18.2 Å². The fraction of sp³-hybridized carbons (Fsp3) is 0.143. The molecule has 0 saturated heterocycles. The molecule has 146 valence electrons. The standard InChI is InChI=1S/C21H20ClNO4S/c1-26-19-7-5-8-20(14-19)28(24,25)23(18-12-10-17(22)11-13-18)15-16-6-3-4-9-21(16)27-2/h3-14H,15H2,1-2H3. The molecule has 0 unspecified atom stereocenters. The van der Waals surface area contributed by atoms with E-state index >= 15 is 0 Å². The number of halogens is 1. The molecule has 0 aromatic heterocycles. The number of hydrogen-bond donors (Lipinski definition) is 0. The van der Waals surface area contributed by atoms with E-state index in [1.54, 1.807) is 55.6 Å². The number of sulfonamides is 1. The fourth-order valence-corrected chi connectivity index (χ4v) is 4.40. The number of anilines is 1. The number of hydrogen-bond acceptors (Lipinski definition) is 4. The average molecular weight is 418 g/mol. The molecule has 0 radical (unpaired) electrons. The molecule has 5 nitrogen and oxygen atoms in total. The fourth-order valence-electron chi connectivity index (χ4n) is 2.80. The van der Waals surface area contributed by atoms with Gasteiger partial charge in [0, 0.05) is 16.7 Å². The van der Waals surface area contributed by atoms with Crippen LogP contribution in [0.2, 0.25) is 5.02 Å². The molecule has 0 spiro atoms. The van der Waals surface area contributed by atoms with Gasteiger partial charge in [0.2, 0.25) is 0 Å². The SMILES string of the molecule is COc1cccc(S(=O)(=O)N(Cc2ccccc2OC)c2ccc(Cl)cc2)c1. The predicted octanol–water partition coefficient (Wildman–Crippen LogP) is 4.75. The van der Waals surface area contributed by atoms with Gasteiger partial charge in [0.05, 0.1) is 31.3 Å². The number of nitrogens with zero attached hydrogens (tertiary/aromatic N) is 1. The summed E-state index contributed by atoms with van der Waals surface area (Å²) in [7, 11) is -0.813. The second-order valence-corrected chi connectivity index (χ2v) is 8.28. The maximum absolute atomic E-state index is 13.5. The Kier molecular flexibility index (Phi) is 6.11. The number of methoxy groups -OCH3 is 2. The van der Waals surface area contributed by atoms with Crippen LogP contribution in [0, 0.1) is 0 Å². The van der Waals surface area contributed by atoms with E-state index in [0.29, 0.717) is 22.2 Å². The van der Waals surface area contributed by atoms with Gasteiger partial charge in [-0.15, -0.1) is 0 Å². The molecule has 0 aliphatic heterocycles. The first-order valence-corrected chi connectivity index (χ1v) is 10.3. The third-order valence-electron chi connectivity index (χ3n) is 4.25. The molecule has 0 amide bonds. The van der Waals surface area contributed by atoms with Crippen LogP contribution < -0.4 is 13.8 Å². The zero-order valence-electron chi connectivity index (χ0n) is 15.5. The highest BCUT2D eigenvalue weighted by Gasteiger charge is 2.26. The molecule has 3 aromatic rings. The minimum absolute atomic E-state index is 0.102. The van der Waals surface area contributed by atoms with Crippen molar-refractivity contribution in [3.63, 3.8) is 0 Å². The zero-order valence-corrected chi connectivity index (χ0v) is 17.1. The lowest BCUT2D eigenvalue weighted by atomic mass is 10.2. The van der Waals surface area contributed by atoms with Crippen LogP contribution in [0.4, 0.5) is 5.69 Å². The summed E-state index contributed by atoms with van der Waals surface area (Å²) in [6.45, 7) is 0.102.